The monoisotopic (exact) mass is 295 g/mol. The molecule has 21 heavy (non-hydrogen) atoms. The van der Waals surface area contributed by atoms with E-state index in [1.807, 2.05) is 43.3 Å². The number of nitriles is 1. The van der Waals surface area contributed by atoms with Crippen molar-refractivity contribution in [3.8, 4) is 23.7 Å². The topological polar surface area (TPSA) is 33.0 Å². The molecule has 0 spiro atoms. The number of aryl methyl sites for hydroxylation is 1. The smallest absolute Gasteiger partial charge is 0.120 e. The van der Waals surface area contributed by atoms with Gasteiger partial charge in [0.05, 0.1) is 17.5 Å². The van der Waals surface area contributed by atoms with E-state index in [-0.39, 0.29) is 0 Å². The van der Waals surface area contributed by atoms with E-state index in [0.717, 1.165) is 22.4 Å². The van der Waals surface area contributed by atoms with Crippen LogP contribution in [-0.2, 0) is 6.61 Å². The molecule has 2 nitrogen and oxygen atoms in total. The molecule has 0 aliphatic rings. The zero-order valence-corrected chi connectivity index (χ0v) is 12.4. The Hall–Kier alpha value is -2.42. The number of hydrogen-bond donors (Lipinski definition) is 0. The van der Waals surface area contributed by atoms with Crippen molar-refractivity contribution in [2.45, 2.75) is 13.5 Å². The summed E-state index contributed by atoms with van der Waals surface area (Å²) in [5.41, 5.74) is 3.50. The summed E-state index contributed by atoms with van der Waals surface area (Å²) in [5, 5.41) is 9.05. The van der Waals surface area contributed by atoms with Gasteiger partial charge in [0.2, 0.25) is 0 Å². The van der Waals surface area contributed by atoms with Crippen molar-refractivity contribution in [1.29, 1.82) is 5.26 Å². The van der Waals surface area contributed by atoms with Gasteiger partial charge in [-0.25, -0.2) is 0 Å². The van der Waals surface area contributed by atoms with Crippen molar-refractivity contribution < 1.29 is 4.74 Å². The Morgan fingerprint density at radius 1 is 1.14 bits per heavy atom. The highest BCUT2D eigenvalue weighted by Crippen LogP contribution is 2.19. The van der Waals surface area contributed by atoms with Gasteiger partial charge in [-0.2, -0.15) is 5.26 Å². The molecule has 2 aromatic carbocycles. The van der Waals surface area contributed by atoms with E-state index < -0.39 is 0 Å². The van der Waals surface area contributed by atoms with Crippen molar-refractivity contribution in [2.24, 2.45) is 0 Å². The number of benzene rings is 2. The average molecular weight is 296 g/mol. The van der Waals surface area contributed by atoms with Crippen LogP contribution in [0.15, 0.2) is 42.5 Å². The lowest BCUT2D eigenvalue weighted by Gasteiger charge is -2.09. The minimum atomic E-state index is 0.322. The highest BCUT2D eigenvalue weighted by molar-refractivity contribution is 6.19. The van der Waals surface area contributed by atoms with E-state index in [1.165, 1.54) is 0 Å². The van der Waals surface area contributed by atoms with Gasteiger partial charge in [-0.3, -0.25) is 0 Å². The second-order valence-corrected chi connectivity index (χ2v) is 4.74. The van der Waals surface area contributed by atoms with Crippen molar-refractivity contribution in [3.63, 3.8) is 0 Å². The maximum Gasteiger partial charge on any atom is 0.120 e. The maximum absolute atomic E-state index is 9.05. The van der Waals surface area contributed by atoms with Crippen molar-refractivity contribution >= 4 is 11.6 Å². The summed E-state index contributed by atoms with van der Waals surface area (Å²) in [7, 11) is 0. The standard InChI is InChI=1S/C18H14ClNO/c1-14-11-18(9-8-15(14)7-4-10-19)21-13-17-6-3-2-5-16(17)12-20/h2-3,5-6,8-9,11H,10,13H2,1H3. The molecule has 0 saturated carbocycles. The van der Waals surface area contributed by atoms with Crippen LogP contribution in [0.25, 0.3) is 0 Å². The van der Waals surface area contributed by atoms with Crippen LogP contribution in [-0.4, -0.2) is 5.88 Å². The lowest BCUT2D eigenvalue weighted by atomic mass is 10.1. The Kier molecular flexibility index (Phi) is 5.27. The summed E-state index contributed by atoms with van der Waals surface area (Å²) in [6, 6.07) is 15.3. The largest absolute Gasteiger partial charge is 0.489 e. The van der Waals surface area contributed by atoms with E-state index in [9.17, 15) is 0 Å². The van der Waals surface area contributed by atoms with Gasteiger partial charge in [-0.15, -0.1) is 11.6 Å². The number of alkyl halides is 1. The molecule has 0 atom stereocenters. The summed E-state index contributed by atoms with van der Waals surface area (Å²) < 4.78 is 5.75. The predicted octanol–water partition coefficient (Wildman–Crippen LogP) is 4.04. The fourth-order valence-electron chi connectivity index (χ4n) is 1.91. The quantitative estimate of drug-likeness (QED) is 0.632. The maximum atomic E-state index is 9.05. The van der Waals surface area contributed by atoms with Gasteiger partial charge in [-0.1, -0.05) is 30.0 Å². The zero-order chi connectivity index (χ0) is 15.1. The first-order chi connectivity index (χ1) is 10.2. The SMILES string of the molecule is Cc1cc(OCc2ccccc2C#N)ccc1C#CCCl. The summed E-state index contributed by atoms with van der Waals surface area (Å²) >= 11 is 5.56. The Labute approximate surface area is 129 Å². The molecule has 0 unspecified atom stereocenters. The summed E-state index contributed by atoms with van der Waals surface area (Å²) in [4.78, 5) is 0. The zero-order valence-electron chi connectivity index (χ0n) is 11.7. The van der Waals surface area contributed by atoms with Crippen molar-refractivity contribution in [1.82, 2.24) is 0 Å². The van der Waals surface area contributed by atoms with E-state index in [0.29, 0.717) is 18.1 Å². The Balaban J connectivity index is 2.11. The predicted molar refractivity (Wildman–Crippen MR) is 84.3 cm³/mol. The minimum Gasteiger partial charge on any atom is -0.489 e. The van der Waals surface area contributed by atoms with Gasteiger partial charge in [0.15, 0.2) is 0 Å². The molecule has 0 bridgehead atoms. The van der Waals surface area contributed by atoms with Gasteiger partial charge < -0.3 is 4.74 Å². The molecule has 0 amide bonds. The molecule has 104 valence electrons. The highest BCUT2D eigenvalue weighted by Gasteiger charge is 2.03. The van der Waals surface area contributed by atoms with Gasteiger partial charge in [0.25, 0.3) is 0 Å². The molecule has 2 rings (SSSR count). The molecule has 0 saturated heterocycles. The lowest BCUT2D eigenvalue weighted by molar-refractivity contribution is 0.305. The molecule has 0 aliphatic carbocycles. The van der Waals surface area contributed by atoms with Gasteiger partial charge >= 0.3 is 0 Å². The molecular weight excluding hydrogens is 282 g/mol. The minimum absolute atomic E-state index is 0.322. The number of ether oxygens (including phenoxy) is 1. The normalized spacial score (nSPS) is 9.38. The molecule has 3 heteroatoms. The third kappa shape index (κ3) is 4.02. The number of halogens is 1. The first kappa shape index (κ1) is 15.0. The van der Waals surface area contributed by atoms with Gasteiger partial charge in [0, 0.05) is 11.1 Å². The summed E-state index contributed by atoms with van der Waals surface area (Å²) in [6.45, 7) is 2.35. The van der Waals surface area contributed by atoms with Crippen LogP contribution >= 0.6 is 11.6 Å². The van der Waals surface area contributed by atoms with Crippen molar-refractivity contribution in [2.75, 3.05) is 5.88 Å². The van der Waals surface area contributed by atoms with Crippen LogP contribution < -0.4 is 4.74 Å². The lowest BCUT2D eigenvalue weighted by Crippen LogP contribution is -1.98. The summed E-state index contributed by atoms with van der Waals surface area (Å²) in [5.74, 6) is 6.92. The van der Waals surface area contributed by atoms with Crippen molar-refractivity contribution in [3.05, 3.63) is 64.7 Å². The molecular formula is C18H14ClNO. The fourth-order valence-corrected chi connectivity index (χ4v) is 1.98. The first-order valence-corrected chi connectivity index (χ1v) is 7.04. The number of hydrogen-bond acceptors (Lipinski definition) is 2. The van der Waals surface area contributed by atoms with Crippen LogP contribution in [0.1, 0.15) is 22.3 Å². The third-order valence-electron chi connectivity index (χ3n) is 3.02. The highest BCUT2D eigenvalue weighted by atomic mass is 35.5. The van der Waals surface area contributed by atoms with E-state index in [2.05, 4.69) is 17.9 Å². The van der Waals surface area contributed by atoms with E-state index >= 15 is 0 Å². The molecule has 0 aromatic heterocycles. The van der Waals surface area contributed by atoms with Crippen LogP contribution in [0.5, 0.6) is 5.75 Å². The fraction of sp³-hybridized carbons (Fsp3) is 0.167. The first-order valence-electron chi connectivity index (χ1n) is 6.51. The second-order valence-electron chi connectivity index (χ2n) is 4.47. The number of nitrogens with zero attached hydrogens (tertiary/aromatic N) is 1. The summed E-state index contributed by atoms with van der Waals surface area (Å²) in [6.07, 6.45) is 0. The van der Waals surface area contributed by atoms with Gasteiger partial charge in [-0.05, 0) is 36.8 Å². The molecule has 0 aliphatic heterocycles. The van der Waals surface area contributed by atoms with Crippen LogP contribution in [0, 0.1) is 30.1 Å². The van der Waals surface area contributed by atoms with E-state index in [4.69, 9.17) is 21.6 Å². The molecule has 2 aromatic rings. The average Bonchev–Trinajstić information content (AvgIpc) is 2.52. The van der Waals surface area contributed by atoms with Crippen LogP contribution in [0.2, 0.25) is 0 Å². The van der Waals surface area contributed by atoms with Crippen LogP contribution in [0.4, 0.5) is 0 Å². The van der Waals surface area contributed by atoms with E-state index in [1.54, 1.807) is 6.07 Å². The third-order valence-corrected chi connectivity index (χ3v) is 3.15. The molecule has 0 heterocycles. The Bertz CT molecular complexity index is 735. The molecule has 0 radical (unpaired) electrons. The molecule has 0 fully saturated rings. The van der Waals surface area contributed by atoms with Crippen LogP contribution in [0.3, 0.4) is 0 Å². The van der Waals surface area contributed by atoms with Gasteiger partial charge in [0.1, 0.15) is 12.4 Å². The number of rotatable bonds is 3. The Morgan fingerprint density at radius 3 is 2.67 bits per heavy atom. The Morgan fingerprint density at radius 2 is 1.95 bits per heavy atom. The molecule has 0 N–H and O–H groups in total. The second kappa shape index (κ2) is 7.39.